The van der Waals surface area contributed by atoms with Crippen molar-refractivity contribution in [1.82, 2.24) is 0 Å². The Balaban J connectivity index is 2.00. The van der Waals surface area contributed by atoms with Crippen LogP contribution in [0.4, 0.5) is 0 Å². The molecule has 0 fully saturated rings. The molecule has 0 amide bonds. The van der Waals surface area contributed by atoms with E-state index in [0.717, 1.165) is 11.1 Å². The van der Waals surface area contributed by atoms with E-state index in [1.807, 2.05) is 60.7 Å². The summed E-state index contributed by atoms with van der Waals surface area (Å²) in [5.41, 5.74) is 3.04. The van der Waals surface area contributed by atoms with Gasteiger partial charge in [-0.2, -0.15) is 0 Å². The summed E-state index contributed by atoms with van der Waals surface area (Å²) >= 11 is 0. The maximum absolute atomic E-state index is 12.6. The zero-order valence-electron chi connectivity index (χ0n) is 15.0. The Labute approximate surface area is 153 Å². The molecule has 3 rings (SSSR count). The molecule has 4 heteroatoms. The Morgan fingerprint density at radius 1 is 0.731 bits per heavy atom. The van der Waals surface area contributed by atoms with Gasteiger partial charge >= 0.3 is 0 Å². The molecule has 0 bridgehead atoms. The number of carbonyl (C=O) groups is 1. The highest BCUT2D eigenvalue weighted by atomic mass is 16.5. The molecule has 0 aliphatic heterocycles. The lowest BCUT2D eigenvalue weighted by Crippen LogP contribution is -2.00. The molecule has 0 atom stereocenters. The third kappa shape index (κ3) is 3.40. The van der Waals surface area contributed by atoms with Gasteiger partial charge in [0.15, 0.2) is 17.3 Å². The Hall–Kier alpha value is -3.27. The lowest BCUT2D eigenvalue weighted by atomic mass is 9.98. The lowest BCUT2D eigenvalue weighted by molar-refractivity contribution is 0.103. The van der Waals surface area contributed by atoms with Crippen molar-refractivity contribution in [3.63, 3.8) is 0 Å². The normalized spacial score (nSPS) is 10.3. The van der Waals surface area contributed by atoms with Gasteiger partial charge in [0.2, 0.25) is 0 Å². The van der Waals surface area contributed by atoms with Gasteiger partial charge in [-0.3, -0.25) is 4.79 Å². The fraction of sp³-hybridized carbons (Fsp3) is 0.136. The Morgan fingerprint density at radius 3 is 1.96 bits per heavy atom. The van der Waals surface area contributed by atoms with E-state index in [2.05, 4.69) is 0 Å². The van der Waals surface area contributed by atoms with Gasteiger partial charge in [0.1, 0.15) is 5.75 Å². The third-order valence-electron chi connectivity index (χ3n) is 4.18. The van der Waals surface area contributed by atoms with Crippen LogP contribution in [0, 0.1) is 0 Å². The van der Waals surface area contributed by atoms with Crippen molar-refractivity contribution in [2.75, 3.05) is 21.3 Å². The molecule has 4 nitrogen and oxygen atoms in total. The fourth-order valence-electron chi connectivity index (χ4n) is 2.83. The molecule has 0 radical (unpaired) electrons. The molecule has 0 aromatic heterocycles. The predicted molar refractivity (Wildman–Crippen MR) is 101 cm³/mol. The molecular formula is C22H20O4. The molecule has 0 N–H and O–H groups in total. The van der Waals surface area contributed by atoms with Crippen molar-refractivity contribution in [2.45, 2.75) is 0 Å². The second-order valence-corrected chi connectivity index (χ2v) is 5.68. The molecular weight excluding hydrogens is 328 g/mol. The number of ether oxygens (including phenoxy) is 3. The van der Waals surface area contributed by atoms with Crippen LogP contribution in [0.2, 0.25) is 0 Å². The Kier molecular flexibility index (Phi) is 5.23. The summed E-state index contributed by atoms with van der Waals surface area (Å²) in [5.74, 6) is 1.87. The number of methoxy groups -OCH3 is 3. The first kappa shape index (κ1) is 17.5. The minimum absolute atomic E-state index is 0.00709. The van der Waals surface area contributed by atoms with Gasteiger partial charge in [-0.15, -0.1) is 0 Å². The zero-order chi connectivity index (χ0) is 18.5. The topological polar surface area (TPSA) is 44.8 Å². The number of rotatable bonds is 6. The van der Waals surface area contributed by atoms with E-state index < -0.39 is 0 Å². The quantitative estimate of drug-likeness (QED) is 0.610. The molecule has 0 aliphatic carbocycles. The van der Waals surface area contributed by atoms with Crippen LogP contribution in [-0.4, -0.2) is 27.1 Å². The van der Waals surface area contributed by atoms with Crippen LogP contribution in [-0.2, 0) is 0 Å². The average molecular weight is 348 g/mol. The van der Waals surface area contributed by atoms with Crippen LogP contribution in [0.25, 0.3) is 11.1 Å². The molecule has 0 saturated heterocycles. The van der Waals surface area contributed by atoms with Crippen molar-refractivity contribution in [1.29, 1.82) is 0 Å². The summed E-state index contributed by atoms with van der Waals surface area (Å²) in [7, 11) is 4.79. The molecule has 132 valence electrons. The van der Waals surface area contributed by atoms with E-state index in [4.69, 9.17) is 14.2 Å². The Morgan fingerprint density at radius 2 is 1.38 bits per heavy atom. The van der Waals surface area contributed by atoms with E-state index in [0.29, 0.717) is 28.4 Å². The van der Waals surface area contributed by atoms with E-state index in [9.17, 15) is 4.79 Å². The van der Waals surface area contributed by atoms with Crippen molar-refractivity contribution in [3.05, 3.63) is 77.9 Å². The molecule has 0 unspecified atom stereocenters. The maximum atomic E-state index is 12.6. The summed E-state index contributed by atoms with van der Waals surface area (Å²) in [4.78, 5) is 12.6. The lowest BCUT2D eigenvalue weighted by Gasteiger charge is -2.15. The van der Waals surface area contributed by atoms with E-state index >= 15 is 0 Å². The fourth-order valence-corrected chi connectivity index (χ4v) is 2.83. The monoisotopic (exact) mass is 348 g/mol. The Bertz CT molecular complexity index is 899. The van der Waals surface area contributed by atoms with Gasteiger partial charge in [0.25, 0.3) is 0 Å². The molecule has 3 aromatic rings. The summed E-state index contributed by atoms with van der Waals surface area (Å²) < 4.78 is 16.3. The molecule has 0 saturated carbocycles. The molecule has 0 heterocycles. The SMILES string of the molecule is COc1cc(OC)c(OC)c(-c2ccc(C(=O)c3ccccc3)cc2)c1. The zero-order valence-corrected chi connectivity index (χ0v) is 15.0. The first-order valence-electron chi connectivity index (χ1n) is 8.18. The molecule has 3 aromatic carbocycles. The van der Waals surface area contributed by atoms with Gasteiger partial charge in [0.05, 0.1) is 21.3 Å². The van der Waals surface area contributed by atoms with Crippen LogP contribution < -0.4 is 14.2 Å². The summed E-state index contributed by atoms with van der Waals surface area (Å²) in [5, 5.41) is 0. The van der Waals surface area contributed by atoms with Crippen molar-refractivity contribution in [3.8, 4) is 28.4 Å². The van der Waals surface area contributed by atoms with Gasteiger partial charge in [-0.25, -0.2) is 0 Å². The predicted octanol–water partition coefficient (Wildman–Crippen LogP) is 4.61. The van der Waals surface area contributed by atoms with E-state index in [1.54, 1.807) is 27.4 Å². The van der Waals surface area contributed by atoms with Gasteiger partial charge in [0, 0.05) is 22.8 Å². The smallest absolute Gasteiger partial charge is 0.193 e. The summed E-state index contributed by atoms with van der Waals surface area (Å²) in [6.45, 7) is 0. The largest absolute Gasteiger partial charge is 0.497 e. The van der Waals surface area contributed by atoms with E-state index in [-0.39, 0.29) is 5.78 Å². The van der Waals surface area contributed by atoms with Crippen molar-refractivity contribution < 1.29 is 19.0 Å². The van der Waals surface area contributed by atoms with Crippen LogP contribution in [0.5, 0.6) is 17.2 Å². The minimum atomic E-state index is -0.00709. The summed E-state index contributed by atoms with van der Waals surface area (Å²) in [6.07, 6.45) is 0. The minimum Gasteiger partial charge on any atom is -0.497 e. The van der Waals surface area contributed by atoms with Crippen LogP contribution in [0.15, 0.2) is 66.7 Å². The van der Waals surface area contributed by atoms with Crippen molar-refractivity contribution >= 4 is 5.78 Å². The maximum Gasteiger partial charge on any atom is 0.193 e. The highest BCUT2D eigenvalue weighted by Crippen LogP contribution is 2.41. The number of hydrogen-bond acceptors (Lipinski definition) is 4. The van der Waals surface area contributed by atoms with Gasteiger partial charge in [-0.05, 0) is 11.6 Å². The van der Waals surface area contributed by atoms with Crippen LogP contribution in [0.1, 0.15) is 15.9 Å². The van der Waals surface area contributed by atoms with Crippen molar-refractivity contribution in [2.24, 2.45) is 0 Å². The average Bonchev–Trinajstić information content (AvgIpc) is 2.72. The number of hydrogen-bond donors (Lipinski definition) is 0. The van der Waals surface area contributed by atoms with Crippen LogP contribution in [0.3, 0.4) is 0 Å². The standard InChI is InChI=1S/C22H20O4/c1-24-18-13-19(22(26-3)20(14-18)25-2)15-9-11-17(12-10-15)21(23)16-7-5-4-6-8-16/h4-14H,1-3H3. The van der Waals surface area contributed by atoms with Crippen LogP contribution >= 0.6 is 0 Å². The number of benzene rings is 3. The molecule has 26 heavy (non-hydrogen) atoms. The highest BCUT2D eigenvalue weighted by Gasteiger charge is 2.15. The van der Waals surface area contributed by atoms with Gasteiger partial charge < -0.3 is 14.2 Å². The van der Waals surface area contributed by atoms with Gasteiger partial charge in [-0.1, -0.05) is 54.6 Å². The summed E-state index contributed by atoms with van der Waals surface area (Å²) in [6, 6.07) is 20.3. The number of ketones is 1. The first-order valence-corrected chi connectivity index (χ1v) is 8.18. The molecule has 0 spiro atoms. The number of carbonyl (C=O) groups excluding carboxylic acids is 1. The second-order valence-electron chi connectivity index (χ2n) is 5.68. The second kappa shape index (κ2) is 7.74. The molecule has 0 aliphatic rings. The third-order valence-corrected chi connectivity index (χ3v) is 4.18. The van der Waals surface area contributed by atoms with E-state index in [1.165, 1.54) is 0 Å². The first-order chi connectivity index (χ1) is 12.7. The highest BCUT2D eigenvalue weighted by molar-refractivity contribution is 6.09.